The summed E-state index contributed by atoms with van der Waals surface area (Å²) >= 11 is 0. The van der Waals surface area contributed by atoms with Crippen molar-refractivity contribution in [2.45, 2.75) is 32.0 Å². The van der Waals surface area contributed by atoms with E-state index in [4.69, 9.17) is 4.74 Å². The Morgan fingerprint density at radius 1 is 1.00 bits per heavy atom. The molecule has 0 radical (unpaired) electrons. The summed E-state index contributed by atoms with van der Waals surface area (Å²) in [6, 6.07) is 17.9. The van der Waals surface area contributed by atoms with Crippen LogP contribution in [0.5, 0.6) is 5.75 Å². The van der Waals surface area contributed by atoms with Gasteiger partial charge in [-0.05, 0) is 66.8 Å². The van der Waals surface area contributed by atoms with Crippen LogP contribution in [0.1, 0.15) is 18.9 Å². The van der Waals surface area contributed by atoms with Crippen molar-refractivity contribution in [3.05, 3.63) is 84.4 Å². The largest absolute Gasteiger partial charge is 0.488 e. The third-order valence-corrected chi connectivity index (χ3v) is 4.35. The molecule has 2 atom stereocenters. The predicted octanol–water partition coefficient (Wildman–Crippen LogP) is 4.65. The maximum atomic E-state index is 13.0. The van der Waals surface area contributed by atoms with E-state index < -0.39 is 6.10 Å². The Hall–Kier alpha value is -2.72. The second-order valence-corrected chi connectivity index (χ2v) is 6.32. The standard InChI is InChI=1S/C22H22FNO2/c1-16(22(25)13-4-17-3-2-14-24-15-17)26-21-11-7-19(8-12-21)18-5-9-20(23)10-6-18/h2-3,5-12,14-16,22,25H,4,13H2,1H3/t16-,22-/m0/s1. The summed E-state index contributed by atoms with van der Waals surface area (Å²) in [6.07, 6.45) is 4.04. The number of aliphatic hydroxyl groups is 1. The number of ether oxygens (including phenoxy) is 1. The molecule has 0 aliphatic carbocycles. The van der Waals surface area contributed by atoms with Gasteiger partial charge in [-0.2, -0.15) is 0 Å². The average Bonchev–Trinajstić information content (AvgIpc) is 2.68. The maximum absolute atomic E-state index is 13.0. The number of halogens is 1. The zero-order valence-electron chi connectivity index (χ0n) is 14.7. The molecule has 0 fully saturated rings. The highest BCUT2D eigenvalue weighted by molar-refractivity contribution is 5.63. The average molecular weight is 351 g/mol. The smallest absolute Gasteiger partial charge is 0.123 e. The molecule has 2 aromatic carbocycles. The minimum absolute atomic E-state index is 0.247. The SMILES string of the molecule is C[C@H](Oc1ccc(-c2ccc(F)cc2)cc1)[C@@H](O)CCc1cccnc1. The number of hydrogen-bond acceptors (Lipinski definition) is 3. The number of hydrogen-bond donors (Lipinski definition) is 1. The fourth-order valence-corrected chi connectivity index (χ4v) is 2.76. The summed E-state index contributed by atoms with van der Waals surface area (Å²) in [4.78, 5) is 4.08. The van der Waals surface area contributed by atoms with Gasteiger partial charge in [0, 0.05) is 12.4 Å². The second-order valence-electron chi connectivity index (χ2n) is 6.32. The quantitative estimate of drug-likeness (QED) is 0.674. The van der Waals surface area contributed by atoms with Crippen molar-refractivity contribution >= 4 is 0 Å². The Kier molecular flexibility index (Phi) is 5.97. The van der Waals surface area contributed by atoms with Crippen LogP contribution >= 0.6 is 0 Å². The number of benzene rings is 2. The number of pyridine rings is 1. The molecule has 26 heavy (non-hydrogen) atoms. The van der Waals surface area contributed by atoms with Crippen LogP contribution in [0.15, 0.2) is 73.1 Å². The molecule has 1 heterocycles. The molecule has 0 bridgehead atoms. The van der Waals surface area contributed by atoms with Gasteiger partial charge >= 0.3 is 0 Å². The first kappa shape index (κ1) is 18.1. The van der Waals surface area contributed by atoms with Crippen molar-refractivity contribution in [1.29, 1.82) is 0 Å². The molecular weight excluding hydrogens is 329 g/mol. The lowest BCUT2D eigenvalue weighted by molar-refractivity contribution is 0.0420. The number of aryl methyl sites for hydroxylation is 1. The summed E-state index contributed by atoms with van der Waals surface area (Å²) in [5.41, 5.74) is 3.03. The number of nitrogens with zero attached hydrogens (tertiary/aromatic N) is 1. The van der Waals surface area contributed by atoms with Gasteiger partial charge in [0.25, 0.3) is 0 Å². The van der Waals surface area contributed by atoms with E-state index in [1.54, 1.807) is 18.3 Å². The molecule has 0 aliphatic rings. The van der Waals surface area contributed by atoms with Crippen molar-refractivity contribution in [3.63, 3.8) is 0 Å². The van der Waals surface area contributed by atoms with E-state index in [0.29, 0.717) is 12.2 Å². The van der Waals surface area contributed by atoms with E-state index in [2.05, 4.69) is 4.98 Å². The van der Waals surface area contributed by atoms with E-state index >= 15 is 0 Å². The summed E-state index contributed by atoms with van der Waals surface area (Å²) in [5.74, 6) is 0.451. The third kappa shape index (κ3) is 4.90. The zero-order chi connectivity index (χ0) is 18.4. The van der Waals surface area contributed by atoms with Gasteiger partial charge in [-0.15, -0.1) is 0 Å². The van der Waals surface area contributed by atoms with Gasteiger partial charge in [0.05, 0.1) is 6.10 Å². The molecule has 0 unspecified atom stereocenters. The van der Waals surface area contributed by atoms with Gasteiger partial charge in [-0.3, -0.25) is 4.98 Å². The molecule has 3 nitrogen and oxygen atoms in total. The van der Waals surface area contributed by atoms with Crippen molar-refractivity contribution in [3.8, 4) is 16.9 Å². The molecule has 1 aromatic heterocycles. The van der Waals surface area contributed by atoms with Crippen LogP contribution < -0.4 is 4.74 Å². The van der Waals surface area contributed by atoms with Gasteiger partial charge in [0.15, 0.2) is 0 Å². The Bertz CT molecular complexity index is 804. The van der Waals surface area contributed by atoms with Crippen LogP contribution in [-0.4, -0.2) is 22.3 Å². The van der Waals surface area contributed by atoms with Crippen molar-refractivity contribution in [2.24, 2.45) is 0 Å². The third-order valence-electron chi connectivity index (χ3n) is 4.35. The lowest BCUT2D eigenvalue weighted by Crippen LogP contribution is -2.29. The molecule has 134 valence electrons. The highest BCUT2D eigenvalue weighted by atomic mass is 19.1. The van der Waals surface area contributed by atoms with Crippen molar-refractivity contribution in [2.75, 3.05) is 0 Å². The molecule has 0 spiro atoms. The molecule has 4 heteroatoms. The zero-order valence-corrected chi connectivity index (χ0v) is 14.7. The van der Waals surface area contributed by atoms with Crippen molar-refractivity contribution < 1.29 is 14.2 Å². The monoisotopic (exact) mass is 351 g/mol. The van der Waals surface area contributed by atoms with Gasteiger partial charge in [0.2, 0.25) is 0 Å². The molecule has 0 amide bonds. The Morgan fingerprint density at radius 3 is 2.27 bits per heavy atom. The van der Waals surface area contributed by atoms with Gasteiger partial charge in [-0.1, -0.05) is 30.3 Å². The van der Waals surface area contributed by atoms with E-state index in [-0.39, 0.29) is 11.9 Å². The molecule has 0 saturated carbocycles. The summed E-state index contributed by atoms with van der Waals surface area (Å²) in [6.45, 7) is 1.86. The number of rotatable bonds is 7. The molecule has 1 N–H and O–H groups in total. The topological polar surface area (TPSA) is 42.4 Å². The molecule has 3 rings (SSSR count). The Morgan fingerprint density at radius 2 is 1.65 bits per heavy atom. The highest BCUT2D eigenvalue weighted by Gasteiger charge is 2.16. The minimum Gasteiger partial charge on any atom is -0.488 e. The lowest BCUT2D eigenvalue weighted by atomic mass is 10.0. The first-order chi connectivity index (χ1) is 12.6. The van der Waals surface area contributed by atoms with Crippen LogP contribution in [0, 0.1) is 5.82 Å². The molecular formula is C22H22FNO2. The van der Waals surface area contributed by atoms with E-state index in [1.165, 1.54) is 12.1 Å². The second kappa shape index (κ2) is 8.59. The molecule has 0 aliphatic heterocycles. The van der Waals surface area contributed by atoms with E-state index in [9.17, 15) is 9.50 Å². The Labute approximate surface area is 153 Å². The predicted molar refractivity (Wildman–Crippen MR) is 100 cm³/mol. The van der Waals surface area contributed by atoms with Gasteiger partial charge in [-0.25, -0.2) is 4.39 Å². The van der Waals surface area contributed by atoms with Crippen LogP contribution in [0.4, 0.5) is 4.39 Å². The number of aliphatic hydroxyl groups excluding tert-OH is 1. The van der Waals surface area contributed by atoms with E-state index in [0.717, 1.165) is 23.1 Å². The van der Waals surface area contributed by atoms with E-state index in [1.807, 2.05) is 49.5 Å². The highest BCUT2D eigenvalue weighted by Crippen LogP contribution is 2.23. The number of aromatic nitrogens is 1. The summed E-state index contributed by atoms with van der Waals surface area (Å²) in [5, 5.41) is 10.3. The van der Waals surface area contributed by atoms with Crippen LogP contribution in [0.2, 0.25) is 0 Å². The Balaban J connectivity index is 1.55. The van der Waals surface area contributed by atoms with Crippen LogP contribution in [-0.2, 0) is 6.42 Å². The summed E-state index contributed by atoms with van der Waals surface area (Å²) < 4.78 is 18.9. The first-order valence-electron chi connectivity index (χ1n) is 8.71. The van der Waals surface area contributed by atoms with Gasteiger partial charge in [0.1, 0.15) is 17.7 Å². The van der Waals surface area contributed by atoms with Gasteiger partial charge < -0.3 is 9.84 Å². The fraction of sp³-hybridized carbons (Fsp3) is 0.227. The van der Waals surface area contributed by atoms with Crippen LogP contribution in [0.25, 0.3) is 11.1 Å². The summed E-state index contributed by atoms with van der Waals surface area (Å²) in [7, 11) is 0. The lowest BCUT2D eigenvalue weighted by Gasteiger charge is -2.20. The molecule has 0 saturated heterocycles. The minimum atomic E-state index is -0.563. The fourth-order valence-electron chi connectivity index (χ4n) is 2.76. The normalized spacial score (nSPS) is 13.2. The molecule has 3 aromatic rings. The maximum Gasteiger partial charge on any atom is 0.123 e. The first-order valence-corrected chi connectivity index (χ1v) is 8.71. The van der Waals surface area contributed by atoms with Crippen LogP contribution in [0.3, 0.4) is 0 Å². The van der Waals surface area contributed by atoms with Crippen molar-refractivity contribution in [1.82, 2.24) is 4.98 Å².